The molecule has 0 aliphatic heterocycles. The Bertz CT molecular complexity index is 643. The van der Waals surface area contributed by atoms with E-state index in [-0.39, 0.29) is 11.7 Å². The quantitative estimate of drug-likeness (QED) is 0.836. The highest BCUT2D eigenvalue weighted by atomic mass is 79.9. The fourth-order valence-corrected chi connectivity index (χ4v) is 2.35. The average Bonchev–Trinajstić information content (AvgIpc) is 2.49. The van der Waals surface area contributed by atoms with Gasteiger partial charge in [-0.25, -0.2) is 4.39 Å². The van der Waals surface area contributed by atoms with E-state index in [1.807, 2.05) is 0 Å². The lowest BCUT2D eigenvalue weighted by atomic mass is 10.1. The molecule has 2 rings (SSSR count). The first-order chi connectivity index (χ1) is 10.0. The van der Waals surface area contributed by atoms with Crippen molar-refractivity contribution in [3.63, 3.8) is 0 Å². The second-order valence-electron chi connectivity index (χ2n) is 4.63. The zero-order valence-corrected chi connectivity index (χ0v) is 13.4. The Labute approximate surface area is 131 Å². The van der Waals surface area contributed by atoms with Crippen LogP contribution in [0.15, 0.2) is 46.9 Å². The molecule has 0 fully saturated rings. The predicted molar refractivity (Wildman–Crippen MR) is 82.9 cm³/mol. The maximum atomic E-state index is 12.9. The Morgan fingerprint density at radius 3 is 2.52 bits per heavy atom. The summed E-state index contributed by atoms with van der Waals surface area (Å²) in [5.41, 5.74) is 1.39. The van der Waals surface area contributed by atoms with E-state index < -0.39 is 0 Å². The van der Waals surface area contributed by atoms with E-state index in [4.69, 9.17) is 4.74 Å². The van der Waals surface area contributed by atoms with Gasteiger partial charge in [-0.3, -0.25) is 4.79 Å². The monoisotopic (exact) mass is 351 g/mol. The van der Waals surface area contributed by atoms with Gasteiger partial charge < -0.3 is 9.64 Å². The molecule has 0 aliphatic carbocycles. The summed E-state index contributed by atoms with van der Waals surface area (Å²) in [5.74, 6) is 0.199. The number of hydrogen-bond acceptors (Lipinski definition) is 2. The molecule has 5 heteroatoms. The molecule has 0 spiro atoms. The van der Waals surface area contributed by atoms with Crippen LogP contribution in [0.3, 0.4) is 0 Å². The number of ether oxygens (including phenoxy) is 1. The van der Waals surface area contributed by atoms with Crippen LogP contribution < -0.4 is 4.74 Å². The van der Waals surface area contributed by atoms with Crippen molar-refractivity contribution in [1.82, 2.24) is 4.90 Å². The third-order valence-electron chi connectivity index (χ3n) is 3.08. The molecular formula is C16H15BrFNO2. The van der Waals surface area contributed by atoms with Crippen molar-refractivity contribution < 1.29 is 13.9 Å². The van der Waals surface area contributed by atoms with Crippen LogP contribution in [0.2, 0.25) is 0 Å². The van der Waals surface area contributed by atoms with Crippen molar-refractivity contribution in [2.24, 2.45) is 0 Å². The Balaban J connectivity index is 2.17. The summed E-state index contributed by atoms with van der Waals surface area (Å²) < 4.78 is 18.7. The molecule has 0 heterocycles. The summed E-state index contributed by atoms with van der Waals surface area (Å²) in [5, 5.41) is 0. The smallest absolute Gasteiger partial charge is 0.255 e. The summed E-state index contributed by atoms with van der Waals surface area (Å²) in [6, 6.07) is 11.3. The standard InChI is InChI=1S/C16H15BrFNO2/c1-19(10-11-3-5-12(18)6-4-11)16(20)14-9-13(21-2)7-8-15(14)17/h3-9H,10H2,1-2H3. The average molecular weight is 352 g/mol. The highest BCUT2D eigenvalue weighted by molar-refractivity contribution is 9.10. The van der Waals surface area contributed by atoms with Crippen LogP contribution in [0.4, 0.5) is 4.39 Å². The van der Waals surface area contributed by atoms with E-state index in [1.165, 1.54) is 12.1 Å². The predicted octanol–water partition coefficient (Wildman–Crippen LogP) is 3.87. The van der Waals surface area contributed by atoms with Crippen LogP contribution in [0.5, 0.6) is 5.75 Å². The number of carbonyl (C=O) groups is 1. The number of nitrogens with zero attached hydrogens (tertiary/aromatic N) is 1. The number of methoxy groups -OCH3 is 1. The molecule has 110 valence electrons. The topological polar surface area (TPSA) is 29.5 Å². The number of benzene rings is 2. The number of rotatable bonds is 4. The summed E-state index contributed by atoms with van der Waals surface area (Å²) in [4.78, 5) is 14.0. The molecule has 1 amide bonds. The normalized spacial score (nSPS) is 10.3. The first-order valence-corrected chi connectivity index (χ1v) is 7.14. The fourth-order valence-electron chi connectivity index (χ4n) is 1.94. The number of hydrogen-bond donors (Lipinski definition) is 0. The molecule has 0 aromatic heterocycles. The van der Waals surface area contributed by atoms with Gasteiger partial charge in [0.15, 0.2) is 0 Å². The first kappa shape index (κ1) is 15.5. The summed E-state index contributed by atoms with van der Waals surface area (Å²) in [6.07, 6.45) is 0. The van der Waals surface area contributed by atoms with E-state index in [9.17, 15) is 9.18 Å². The molecule has 0 bridgehead atoms. The molecule has 0 radical (unpaired) electrons. The lowest BCUT2D eigenvalue weighted by molar-refractivity contribution is 0.0784. The van der Waals surface area contributed by atoms with Crippen molar-refractivity contribution in [3.8, 4) is 5.75 Å². The second kappa shape index (κ2) is 6.72. The second-order valence-corrected chi connectivity index (χ2v) is 5.49. The highest BCUT2D eigenvalue weighted by Gasteiger charge is 2.16. The van der Waals surface area contributed by atoms with Crippen molar-refractivity contribution in [2.45, 2.75) is 6.54 Å². The van der Waals surface area contributed by atoms with Gasteiger partial charge in [-0.05, 0) is 51.8 Å². The summed E-state index contributed by atoms with van der Waals surface area (Å²) in [6.45, 7) is 0.406. The van der Waals surface area contributed by atoms with Crippen LogP contribution in [0, 0.1) is 5.82 Å². The minimum atomic E-state index is -0.289. The molecular weight excluding hydrogens is 337 g/mol. The Hall–Kier alpha value is -1.88. The van der Waals surface area contributed by atoms with Gasteiger partial charge in [-0.2, -0.15) is 0 Å². The molecule has 0 unspecified atom stereocenters. The third-order valence-corrected chi connectivity index (χ3v) is 3.78. The van der Waals surface area contributed by atoms with Crippen LogP contribution >= 0.6 is 15.9 Å². The van der Waals surface area contributed by atoms with Gasteiger partial charge in [0.2, 0.25) is 0 Å². The minimum Gasteiger partial charge on any atom is -0.497 e. The molecule has 0 atom stereocenters. The van der Waals surface area contributed by atoms with Crippen molar-refractivity contribution in [1.29, 1.82) is 0 Å². The molecule has 0 aliphatic rings. The number of halogens is 2. The van der Waals surface area contributed by atoms with Gasteiger partial charge in [-0.15, -0.1) is 0 Å². The van der Waals surface area contributed by atoms with E-state index in [0.717, 1.165) is 5.56 Å². The molecule has 21 heavy (non-hydrogen) atoms. The number of carbonyl (C=O) groups excluding carboxylic acids is 1. The highest BCUT2D eigenvalue weighted by Crippen LogP contribution is 2.24. The lowest BCUT2D eigenvalue weighted by Crippen LogP contribution is -2.26. The van der Waals surface area contributed by atoms with Gasteiger partial charge in [0.1, 0.15) is 11.6 Å². The van der Waals surface area contributed by atoms with Crippen molar-refractivity contribution >= 4 is 21.8 Å². The maximum Gasteiger partial charge on any atom is 0.255 e. The maximum absolute atomic E-state index is 12.9. The Morgan fingerprint density at radius 1 is 1.24 bits per heavy atom. The van der Waals surface area contributed by atoms with Gasteiger partial charge >= 0.3 is 0 Å². The van der Waals surface area contributed by atoms with Gasteiger partial charge in [-0.1, -0.05) is 12.1 Å². The van der Waals surface area contributed by atoms with Crippen molar-refractivity contribution in [3.05, 3.63) is 63.9 Å². The lowest BCUT2D eigenvalue weighted by Gasteiger charge is -2.18. The zero-order chi connectivity index (χ0) is 15.4. The van der Waals surface area contributed by atoms with Gasteiger partial charge in [0.05, 0.1) is 12.7 Å². The Morgan fingerprint density at radius 2 is 1.90 bits per heavy atom. The summed E-state index contributed by atoms with van der Waals surface area (Å²) in [7, 11) is 3.26. The van der Waals surface area contributed by atoms with E-state index >= 15 is 0 Å². The van der Waals surface area contributed by atoms with Gasteiger partial charge in [0, 0.05) is 18.1 Å². The first-order valence-electron chi connectivity index (χ1n) is 6.34. The SMILES string of the molecule is COc1ccc(Br)c(C(=O)N(C)Cc2ccc(F)cc2)c1. The van der Waals surface area contributed by atoms with E-state index in [1.54, 1.807) is 49.4 Å². The van der Waals surface area contributed by atoms with Gasteiger partial charge in [0.25, 0.3) is 5.91 Å². The van der Waals surface area contributed by atoms with Crippen LogP contribution in [-0.2, 0) is 6.54 Å². The fraction of sp³-hybridized carbons (Fsp3) is 0.188. The largest absolute Gasteiger partial charge is 0.497 e. The van der Waals surface area contributed by atoms with Crippen LogP contribution in [0.25, 0.3) is 0 Å². The van der Waals surface area contributed by atoms with Crippen molar-refractivity contribution in [2.75, 3.05) is 14.2 Å². The molecule has 2 aromatic carbocycles. The Kier molecular flexibility index (Phi) is 4.96. The minimum absolute atomic E-state index is 0.134. The van der Waals surface area contributed by atoms with Crippen LogP contribution in [0.1, 0.15) is 15.9 Å². The molecule has 0 saturated carbocycles. The molecule has 0 saturated heterocycles. The van der Waals surface area contributed by atoms with Crippen LogP contribution in [-0.4, -0.2) is 25.0 Å². The summed E-state index contributed by atoms with van der Waals surface area (Å²) >= 11 is 3.37. The molecule has 2 aromatic rings. The molecule has 0 N–H and O–H groups in total. The number of amides is 1. The molecule has 3 nitrogen and oxygen atoms in total. The third kappa shape index (κ3) is 3.82. The van der Waals surface area contributed by atoms with E-state index in [2.05, 4.69) is 15.9 Å². The van der Waals surface area contributed by atoms with E-state index in [0.29, 0.717) is 22.3 Å². The zero-order valence-electron chi connectivity index (χ0n) is 11.8.